The molecular weight excluding hydrogens is 278 g/mol. The Kier molecular flexibility index (Phi) is 4.02. The van der Waals surface area contributed by atoms with Gasteiger partial charge in [-0.15, -0.1) is 0 Å². The average Bonchev–Trinajstić information content (AvgIpc) is 2.76. The molecule has 1 N–H and O–H groups in total. The third kappa shape index (κ3) is 2.56. The highest BCUT2D eigenvalue weighted by molar-refractivity contribution is 5.76. The highest BCUT2D eigenvalue weighted by Gasteiger charge is 2.47. The van der Waals surface area contributed by atoms with Crippen LogP contribution in [0.25, 0.3) is 0 Å². The van der Waals surface area contributed by atoms with E-state index < -0.39 is 0 Å². The molecule has 2 aliphatic rings. The smallest absolute Gasteiger partial charge is 0.222 e. The molecule has 1 spiro atoms. The van der Waals surface area contributed by atoms with E-state index in [0.29, 0.717) is 6.42 Å². The summed E-state index contributed by atoms with van der Waals surface area (Å²) >= 11 is 0. The van der Waals surface area contributed by atoms with Gasteiger partial charge in [-0.1, -0.05) is 0 Å². The lowest BCUT2D eigenvalue weighted by Crippen LogP contribution is -2.53. The van der Waals surface area contributed by atoms with Crippen molar-refractivity contribution in [1.82, 2.24) is 14.7 Å². The van der Waals surface area contributed by atoms with E-state index >= 15 is 0 Å². The minimum Gasteiger partial charge on any atom is -0.393 e. The van der Waals surface area contributed by atoms with E-state index in [1.807, 2.05) is 23.6 Å². The van der Waals surface area contributed by atoms with Gasteiger partial charge in [0.1, 0.15) is 0 Å². The normalized spacial score (nSPS) is 23.6. The molecule has 1 aromatic rings. The third-order valence-electron chi connectivity index (χ3n) is 5.98. The molecule has 1 aliphatic heterocycles. The Morgan fingerprint density at radius 1 is 1.32 bits per heavy atom. The Morgan fingerprint density at radius 2 is 2.00 bits per heavy atom. The molecule has 0 aromatic carbocycles. The Labute approximate surface area is 132 Å². The number of carbonyl (C=O) groups is 1. The van der Waals surface area contributed by atoms with Crippen LogP contribution in [0.4, 0.5) is 0 Å². The number of nitrogens with zero attached hydrogens (tertiary/aromatic N) is 3. The molecule has 1 aliphatic carbocycles. The zero-order chi connectivity index (χ0) is 15.9. The lowest BCUT2D eigenvalue weighted by molar-refractivity contribution is -0.141. The number of hydrogen-bond acceptors (Lipinski definition) is 3. The number of aliphatic hydroxyl groups excluding tert-OH is 1. The van der Waals surface area contributed by atoms with E-state index in [0.717, 1.165) is 56.6 Å². The second-order valence-corrected chi connectivity index (χ2v) is 7.07. The van der Waals surface area contributed by atoms with Gasteiger partial charge < -0.3 is 10.0 Å². The summed E-state index contributed by atoms with van der Waals surface area (Å²) in [5.74, 6) is 0.242. The molecule has 2 fully saturated rings. The second kappa shape index (κ2) is 5.69. The minimum absolute atomic E-state index is 0.132. The van der Waals surface area contributed by atoms with Crippen molar-refractivity contribution in [2.45, 2.75) is 58.5 Å². The van der Waals surface area contributed by atoms with Crippen molar-refractivity contribution in [2.24, 2.45) is 12.5 Å². The average molecular weight is 305 g/mol. The number of piperidine rings is 1. The Morgan fingerprint density at radius 3 is 2.45 bits per heavy atom. The van der Waals surface area contributed by atoms with E-state index in [1.54, 1.807) is 0 Å². The van der Waals surface area contributed by atoms with Gasteiger partial charge in [0, 0.05) is 32.3 Å². The van der Waals surface area contributed by atoms with Gasteiger partial charge in [0.05, 0.1) is 11.8 Å². The molecule has 0 bridgehead atoms. The first-order valence-corrected chi connectivity index (χ1v) is 8.38. The molecule has 1 saturated heterocycles. The van der Waals surface area contributed by atoms with Crippen LogP contribution in [0.15, 0.2) is 0 Å². The maximum Gasteiger partial charge on any atom is 0.222 e. The zero-order valence-electron chi connectivity index (χ0n) is 13.9. The fourth-order valence-corrected chi connectivity index (χ4v) is 4.04. The van der Waals surface area contributed by atoms with Gasteiger partial charge >= 0.3 is 0 Å². The van der Waals surface area contributed by atoms with Gasteiger partial charge in [0.2, 0.25) is 5.91 Å². The van der Waals surface area contributed by atoms with Crippen LogP contribution in [0.3, 0.4) is 0 Å². The van der Waals surface area contributed by atoms with Crippen molar-refractivity contribution in [2.75, 3.05) is 13.1 Å². The first kappa shape index (κ1) is 15.5. The second-order valence-electron chi connectivity index (χ2n) is 7.07. The van der Waals surface area contributed by atoms with Crippen LogP contribution in [0, 0.1) is 19.3 Å². The third-order valence-corrected chi connectivity index (χ3v) is 5.98. The molecule has 1 amide bonds. The highest BCUT2D eigenvalue weighted by Crippen LogP contribution is 2.49. The van der Waals surface area contributed by atoms with Crippen LogP contribution in [-0.4, -0.2) is 44.9 Å². The van der Waals surface area contributed by atoms with Crippen LogP contribution in [0.5, 0.6) is 0 Å². The quantitative estimate of drug-likeness (QED) is 0.925. The Hall–Kier alpha value is -1.36. The number of aryl methyl sites for hydroxylation is 2. The van der Waals surface area contributed by atoms with Crippen molar-refractivity contribution in [3.63, 3.8) is 0 Å². The summed E-state index contributed by atoms with van der Waals surface area (Å²) in [7, 11) is 1.95. The zero-order valence-corrected chi connectivity index (χ0v) is 13.9. The fraction of sp³-hybridized carbons (Fsp3) is 0.765. The predicted octanol–water partition coefficient (Wildman–Crippen LogP) is 1.73. The summed E-state index contributed by atoms with van der Waals surface area (Å²) in [5.41, 5.74) is 3.52. The molecule has 1 atom stereocenters. The number of aromatic nitrogens is 2. The SMILES string of the molecule is Cc1nn(C)c(C)c1CCC(=O)N1CCC2(CCC2O)CC1. The summed E-state index contributed by atoms with van der Waals surface area (Å²) < 4.78 is 1.89. The van der Waals surface area contributed by atoms with Crippen molar-refractivity contribution in [3.05, 3.63) is 17.0 Å². The molecule has 1 aromatic heterocycles. The van der Waals surface area contributed by atoms with Crippen molar-refractivity contribution >= 4 is 5.91 Å². The Bertz CT molecular complexity index is 571. The first-order valence-electron chi connectivity index (χ1n) is 8.38. The van der Waals surface area contributed by atoms with E-state index in [1.165, 1.54) is 5.56 Å². The number of likely N-dealkylation sites (tertiary alicyclic amines) is 1. The standard InChI is InChI=1S/C17H27N3O2/c1-12-14(13(2)19(3)18-12)4-5-16(22)20-10-8-17(9-11-20)7-6-15(17)21/h15,21H,4-11H2,1-3H3. The van der Waals surface area contributed by atoms with Crippen LogP contribution in [0.1, 0.15) is 49.1 Å². The molecule has 22 heavy (non-hydrogen) atoms. The molecule has 1 unspecified atom stereocenters. The summed E-state index contributed by atoms with van der Waals surface area (Å²) in [4.78, 5) is 14.4. The summed E-state index contributed by atoms with van der Waals surface area (Å²) in [5, 5.41) is 14.4. The number of amides is 1. The summed E-state index contributed by atoms with van der Waals surface area (Å²) in [6.45, 7) is 5.68. The maximum atomic E-state index is 12.4. The summed E-state index contributed by atoms with van der Waals surface area (Å²) in [6.07, 6.45) is 5.19. The fourth-order valence-electron chi connectivity index (χ4n) is 4.04. The molecule has 0 radical (unpaired) electrons. The van der Waals surface area contributed by atoms with Gasteiger partial charge in [-0.25, -0.2) is 0 Å². The highest BCUT2D eigenvalue weighted by atomic mass is 16.3. The number of aliphatic hydroxyl groups is 1. The van der Waals surface area contributed by atoms with Gasteiger partial charge in [0.25, 0.3) is 0 Å². The van der Waals surface area contributed by atoms with E-state index in [9.17, 15) is 9.90 Å². The molecule has 5 heteroatoms. The van der Waals surface area contributed by atoms with Crippen LogP contribution in [-0.2, 0) is 18.3 Å². The lowest BCUT2D eigenvalue weighted by Gasteiger charge is -2.51. The monoisotopic (exact) mass is 305 g/mol. The molecular formula is C17H27N3O2. The lowest BCUT2D eigenvalue weighted by atomic mass is 9.61. The van der Waals surface area contributed by atoms with Gasteiger partial charge in [-0.05, 0) is 56.9 Å². The number of rotatable bonds is 3. The predicted molar refractivity (Wildman–Crippen MR) is 84.5 cm³/mol. The molecule has 2 heterocycles. The van der Waals surface area contributed by atoms with Gasteiger partial charge in [0.15, 0.2) is 0 Å². The molecule has 5 nitrogen and oxygen atoms in total. The molecule has 1 saturated carbocycles. The van der Waals surface area contributed by atoms with Crippen molar-refractivity contribution in [3.8, 4) is 0 Å². The first-order chi connectivity index (χ1) is 10.4. The number of carbonyl (C=O) groups excluding carboxylic acids is 1. The molecule has 3 rings (SSSR count). The largest absolute Gasteiger partial charge is 0.393 e. The van der Waals surface area contributed by atoms with Crippen molar-refractivity contribution < 1.29 is 9.90 Å². The van der Waals surface area contributed by atoms with Gasteiger partial charge in [-0.2, -0.15) is 5.10 Å². The molecule has 122 valence electrons. The van der Waals surface area contributed by atoms with Crippen LogP contribution < -0.4 is 0 Å². The van der Waals surface area contributed by atoms with Crippen LogP contribution >= 0.6 is 0 Å². The van der Waals surface area contributed by atoms with E-state index in [4.69, 9.17) is 0 Å². The van der Waals surface area contributed by atoms with E-state index in [2.05, 4.69) is 12.0 Å². The van der Waals surface area contributed by atoms with E-state index in [-0.39, 0.29) is 17.4 Å². The topological polar surface area (TPSA) is 58.4 Å². The summed E-state index contributed by atoms with van der Waals surface area (Å²) in [6, 6.07) is 0. The Balaban J connectivity index is 1.53. The minimum atomic E-state index is -0.134. The van der Waals surface area contributed by atoms with Gasteiger partial charge in [-0.3, -0.25) is 9.48 Å². The van der Waals surface area contributed by atoms with Crippen molar-refractivity contribution in [1.29, 1.82) is 0 Å². The maximum absolute atomic E-state index is 12.4. The van der Waals surface area contributed by atoms with Crippen LogP contribution in [0.2, 0.25) is 0 Å². The number of hydrogen-bond donors (Lipinski definition) is 1.